The Morgan fingerprint density at radius 1 is 1.37 bits per heavy atom. The first-order valence-corrected chi connectivity index (χ1v) is 6.96. The number of fused-ring (bicyclic) bond motifs is 1. The molecule has 0 unspecified atom stereocenters. The van der Waals surface area contributed by atoms with Crippen LogP contribution in [0.2, 0.25) is 0 Å². The van der Waals surface area contributed by atoms with Crippen molar-refractivity contribution in [3.8, 4) is 0 Å². The summed E-state index contributed by atoms with van der Waals surface area (Å²) in [7, 11) is 0. The Morgan fingerprint density at radius 3 is 2.84 bits per heavy atom. The Labute approximate surface area is 114 Å². The van der Waals surface area contributed by atoms with Crippen LogP contribution in [0.15, 0.2) is 29.1 Å². The van der Waals surface area contributed by atoms with E-state index in [0.717, 1.165) is 17.5 Å². The summed E-state index contributed by atoms with van der Waals surface area (Å²) in [5, 5.41) is 4.20. The van der Waals surface area contributed by atoms with Gasteiger partial charge in [-0.05, 0) is 24.1 Å². The van der Waals surface area contributed by atoms with E-state index in [9.17, 15) is 4.79 Å². The Morgan fingerprint density at radius 2 is 2.16 bits per heavy atom. The van der Waals surface area contributed by atoms with Crippen molar-refractivity contribution in [3.05, 3.63) is 56.1 Å². The molecule has 0 aliphatic heterocycles. The minimum Gasteiger partial charge on any atom is -0.266 e. The van der Waals surface area contributed by atoms with E-state index in [4.69, 9.17) is 0 Å². The average Bonchev–Trinajstić information content (AvgIpc) is 2.93. The molecule has 2 heterocycles. The molecule has 2 aromatic heterocycles. The molecular weight excluding hydrogens is 258 g/mol. The van der Waals surface area contributed by atoms with Gasteiger partial charge in [-0.2, -0.15) is 4.52 Å². The van der Waals surface area contributed by atoms with E-state index in [1.807, 2.05) is 44.2 Å². The maximum atomic E-state index is 12.2. The van der Waals surface area contributed by atoms with Crippen molar-refractivity contribution in [1.82, 2.24) is 14.6 Å². The monoisotopic (exact) mass is 271 g/mol. The lowest BCUT2D eigenvalue weighted by atomic mass is 10.1. The predicted octanol–water partition coefficient (Wildman–Crippen LogP) is 1.57. The Balaban J connectivity index is 2.21. The van der Waals surface area contributed by atoms with Crippen LogP contribution < -0.4 is 10.1 Å². The number of hydrogen-bond acceptors (Lipinski definition) is 4. The summed E-state index contributed by atoms with van der Waals surface area (Å²) in [4.78, 5) is 17.2. The van der Waals surface area contributed by atoms with Crippen LogP contribution in [0.5, 0.6) is 0 Å². The molecule has 0 aliphatic rings. The van der Waals surface area contributed by atoms with Gasteiger partial charge in [0.1, 0.15) is 0 Å². The Kier molecular flexibility index (Phi) is 2.91. The molecule has 0 N–H and O–H groups in total. The highest BCUT2D eigenvalue weighted by Crippen LogP contribution is 2.08. The highest BCUT2D eigenvalue weighted by molar-refractivity contribution is 7.15. The minimum atomic E-state index is -0.0875. The van der Waals surface area contributed by atoms with E-state index >= 15 is 0 Å². The molecule has 3 aromatic rings. The van der Waals surface area contributed by atoms with Gasteiger partial charge in [0.05, 0.1) is 4.53 Å². The van der Waals surface area contributed by atoms with Crippen molar-refractivity contribution in [3.63, 3.8) is 0 Å². The number of aryl methyl sites for hydroxylation is 2. The molecule has 19 heavy (non-hydrogen) atoms. The van der Waals surface area contributed by atoms with Crippen LogP contribution in [0.1, 0.15) is 23.9 Å². The predicted molar refractivity (Wildman–Crippen MR) is 76.5 cm³/mol. The molecule has 3 rings (SSSR count). The third-order valence-electron chi connectivity index (χ3n) is 3.02. The first-order chi connectivity index (χ1) is 9.19. The normalized spacial score (nSPS) is 12.4. The maximum absolute atomic E-state index is 12.2. The number of aromatic nitrogens is 3. The summed E-state index contributed by atoms with van der Waals surface area (Å²) in [6, 6.07) is 7.99. The van der Waals surface area contributed by atoms with Crippen molar-refractivity contribution in [2.24, 2.45) is 0 Å². The number of benzene rings is 1. The van der Waals surface area contributed by atoms with Crippen LogP contribution in [0, 0.1) is 6.92 Å². The molecule has 5 heteroatoms. The van der Waals surface area contributed by atoms with Gasteiger partial charge in [0.15, 0.2) is 5.82 Å². The number of thiazole rings is 1. The Hall–Kier alpha value is -2.01. The molecule has 0 spiro atoms. The lowest BCUT2D eigenvalue weighted by Crippen LogP contribution is -2.23. The fraction of sp³-hybridized carbons (Fsp3) is 0.214. The second-order valence-electron chi connectivity index (χ2n) is 4.35. The largest absolute Gasteiger partial charge is 0.291 e. The van der Waals surface area contributed by atoms with E-state index in [1.54, 1.807) is 0 Å². The van der Waals surface area contributed by atoms with Crippen LogP contribution in [-0.2, 0) is 6.42 Å². The zero-order valence-corrected chi connectivity index (χ0v) is 11.6. The number of hydrogen-bond donors (Lipinski definition) is 0. The molecule has 96 valence electrons. The van der Waals surface area contributed by atoms with Gasteiger partial charge < -0.3 is 0 Å². The van der Waals surface area contributed by atoms with Gasteiger partial charge in [-0.3, -0.25) is 4.79 Å². The fourth-order valence-corrected chi connectivity index (χ4v) is 2.83. The zero-order valence-electron chi connectivity index (χ0n) is 10.8. The smallest absolute Gasteiger partial charge is 0.266 e. The second kappa shape index (κ2) is 4.59. The van der Waals surface area contributed by atoms with Gasteiger partial charge in [0.25, 0.3) is 5.56 Å². The van der Waals surface area contributed by atoms with Gasteiger partial charge in [-0.25, -0.2) is 4.98 Å². The van der Waals surface area contributed by atoms with E-state index < -0.39 is 0 Å². The lowest BCUT2D eigenvalue weighted by molar-refractivity contribution is 0.867. The van der Waals surface area contributed by atoms with Gasteiger partial charge in [-0.15, -0.1) is 5.10 Å². The van der Waals surface area contributed by atoms with Crippen molar-refractivity contribution in [2.45, 2.75) is 20.3 Å². The van der Waals surface area contributed by atoms with Crippen LogP contribution in [0.3, 0.4) is 0 Å². The van der Waals surface area contributed by atoms with Crippen molar-refractivity contribution in [2.75, 3.05) is 0 Å². The van der Waals surface area contributed by atoms with E-state index in [0.29, 0.717) is 15.3 Å². The summed E-state index contributed by atoms with van der Waals surface area (Å²) in [6.45, 7) is 4.01. The topological polar surface area (TPSA) is 47.3 Å². The van der Waals surface area contributed by atoms with Crippen LogP contribution in [0.4, 0.5) is 0 Å². The molecule has 0 atom stereocenters. The first-order valence-electron chi connectivity index (χ1n) is 6.15. The molecule has 0 amide bonds. The molecule has 0 bridgehead atoms. The molecule has 1 aromatic carbocycles. The van der Waals surface area contributed by atoms with Crippen molar-refractivity contribution >= 4 is 22.4 Å². The minimum absolute atomic E-state index is 0.0875. The molecule has 0 aliphatic carbocycles. The fourth-order valence-electron chi connectivity index (χ4n) is 1.91. The summed E-state index contributed by atoms with van der Waals surface area (Å²) in [5.41, 5.74) is 2.12. The molecule has 0 fully saturated rings. The van der Waals surface area contributed by atoms with Crippen LogP contribution in [0.25, 0.3) is 11.0 Å². The van der Waals surface area contributed by atoms with E-state index in [2.05, 4.69) is 10.1 Å². The average molecular weight is 271 g/mol. The highest BCUT2D eigenvalue weighted by Gasteiger charge is 2.09. The van der Waals surface area contributed by atoms with E-state index in [-0.39, 0.29) is 5.56 Å². The third kappa shape index (κ3) is 2.06. The van der Waals surface area contributed by atoms with Crippen molar-refractivity contribution in [1.29, 1.82) is 0 Å². The van der Waals surface area contributed by atoms with E-state index in [1.165, 1.54) is 15.9 Å². The maximum Gasteiger partial charge on any atom is 0.291 e. The van der Waals surface area contributed by atoms with Gasteiger partial charge >= 0.3 is 0 Å². The standard InChI is InChI=1S/C14H13N3OS/c1-3-12-15-14-17(16-12)13(18)11(19-14)8-10-7-5-4-6-9(10)2/h4-8H,3H2,1-2H3/b11-8-. The second-order valence-corrected chi connectivity index (χ2v) is 5.36. The molecule has 4 nitrogen and oxygen atoms in total. The summed E-state index contributed by atoms with van der Waals surface area (Å²) in [5.74, 6) is 0.714. The van der Waals surface area contributed by atoms with Crippen LogP contribution in [-0.4, -0.2) is 14.6 Å². The first kappa shape index (κ1) is 12.0. The third-order valence-corrected chi connectivity index (χ3v) is 3.98. The van der Waals surface area contributed by atoms with Crippen molar-refractivity contribution < 1.29 is 0 Å². The van der Waals surface area contributed by atoms with Crippen LogP contribution >= 0.6 is 11.3 Å². The van der Waals surface area contributed by atoms with Gasteiger partial charge in [0.2, 0.25) is 4.96 Å². The quantitative estimate of drug-likeness (QED) is 0.711. The van der Waals surface area contributed by atoms with Gasteiger partial charge in [0, 0.05) is 6.42 Å². The lowest BCUT2D eigenvalue weighted by Gasteiger charge is -1.96. The number of nitrogens with zero attached hydrogens (tertiary/aromatic N) is 3. The summed E-state index contributed by atoms with van der Waals surface area (Å²) < 4.78 is 2.07. The molecular formula is C14H13N3OS. The summed E-state index contributed by atoms with van der Waals surface area (Å²) >= 11 is 1.38. The molecule has 0 radical (unpaired) electrons. The molecule has 0 saturated heterocycles. The summed E-state index contributed by atoms with van der Waals surface area (Å²) in [6.07, 6.45) is 2.65. The number of rotatable bonds is 2. The zero-order chi connectivity index (χ0) is 13.4. The van der Waals surface area contributed by atoms with Gasteiger partial charge in [-0.1, -0.05) is 42.5 Å². The Bertz CT molecular complexity index is 847. The SMILES string of the molecule is CCc1nc2s/c(=C\c3ccccc3C)c(=O)n2n1. The molecule has 0 saturated carbocycles. The highest BCUT2D eigenvalue weighted by atomic mass is 32.1.